The van der Waals surface area contributed by atoms with Gasteiger partial charge in [-0.15, -0.1) is 0 Å². The van der Waals surface area contributed by atoms with Crippen molar-refractivity contribution in [3.05, 3.63) is 0 Å². The first-order valence-corrected chi connectivity index (χ1v) is 11.9. The minimum atomic E-state index is -1.97. The summed E-state index contributed by atoms with van der Waals surface area (Å²) in [5.41, 5.74) is 1.60. The third-order valence-corrected chi connectivity index (χ3v) is 12.4. The van der Waals surface area contributed by atoms with Crippen molar-refractivity contribution in [2.45, 2.75) is 109 Å². The van der Waals surface area contributed by atoms with Crippen LogP contribution in [-0.4, -0.2) is 26.4 Å². The summed E-state index contributed by atoms with van der Waals surface area (Å²) in [6.45, 7) is 13.7. The summed E-state index contributed by atoms with van der Waals surface area (Å²) < 4.78 is 6.75. The highest BCUT2D eigenvalue weighted by molar-refractivity contribution is 6.77. The first-order chi connectivity index (χ1) is 10.8. The lowest BCUT2D eigenvalue weighted by Crippen LogP contribution is -2.68. The molecular weight excluding hydrogens is 302 g/mol. The van der Waals surface area contributed by atoms with E-state index >= 15 is 0 Å². The molecular formula is C19H37NO2Si. The molecule has 23 heavy (non-hydrogen) atoms. The quantitative estimate of drug-likeness (QED) is 0.522. The maximum absolute atomic E-state index is 12.2. The largest absolute Gasteiger partial charge is 0.402 e. The van der Waals surface area contributed by atoms with Crippen LogP contribution in [0.1, 0.15) is 80.1 Å². The highest BCUT2D eigenvalue weighted by Crippen LogP contribution is 2.44. The minimum Gasteiger partial charge on any atom is -0.402 e. The van der Waals surface area contributed by atoms with Crippen LogP contribution in [0, 0.1) is 5.92 Å². The van der Waals surface area contributed by atoms with Crippen LogP contribution in [-0.2, 0) is 9.22 Å². The Hall–Kier alpha value is -0.353. The first-order valence-electron chi connectivity index (χ1n) is 9.77. The predicted octanol–water partition coefficient (Wildman–Crippen LogP) is 5.02. The van der Waals surface area contributed by atoms with Crippen molar-refractivity contribution >= 4 is 14.2 Å². The van der Waals surface area contributed by atoms with Gasteiger partial charge in [0.25, 0.3) is 0 Å². The normalized spacial score (nSPS) is 26.7. The third-order valence-electron chi connectivity index (χ3n) is 6.30. The summed E-state index contributed by atoms with van der Waals surface area (Å²) >= 11 is 0. The number of hydrogen-bond donors (Lipinski definition) is 1. The highest BCUT2D eigenvalue weighted by Gasteiger charge is 2.52. The van der Waals surface area contributed by atoms with Gasteiger partial charge >= 0.3 is 0 Å². The molecule has 2 rings (SSSR count). The smallest absolute Gasteiger partial charge is 0.250 e. The standard InChI is InChI=1S/C19H37NO2Si/c1-13(2)23(14(3)4,15(5)6)22-18-17(20-19(18)21)12-16-10-8-7-9-11-16/h13-18H,7-12H2,1-6H3,(H,20,21)/t17?,18-/m0/s1. The molecule has 0 aromatic heterocycles. The Morgan fingerprint density at radius 2 is 1.52 bits per heavy atom. The fraction of sp³-hybridized carbons (Fsp3) is 0.947. The van der Waals surface area contributed by atoms with Gasteiger partial charge in [-0.3, -0.25) is 4.79 Å². The summed E-state index contributed by atoms with van der Waals surface area (Å²) in [5, 5.41) is 3.14. The van der Waals surface area contributed by atoms with Crippen molar-refractivity contribution in [2.24, 2.45) is 5.92 Å². The zero-order chi connectivity index (χ0) is 17.2. The molecule has 1 saturated carbocycles. The summed E-state index contributed by atoms with van der Waals surface area (Å²) in [4.78, 5) is 12.2. The second kappa shape index (κ2) is 7.69. The van der Waals surface area contributed by atoms with Gasteiger partial charge in [0, 0.05) is 0 Å². The van der Waals surface area contributed by atoms with Crippen molar-refractivity contribution in [1.29, 1.82) is 0 Å². The van der Waals surface area contributed by atoms with Gasteiger partial charge in [0.1, 0.15) is 6.10 Å². The van der Waals surface area contributed by atoms with E-state index in [9.17, 15) is 4.79 Å². The first kappa shape index (κ1) is 19.0. The number of carbonyl (C=O) groups excluding carboxylic acids is 1. The lowest BCUT2D eigenvalue weighted by molar-refractivity contribution is -0.142. The van der Waals surface area contributed by atoms with E-state index in [1.807, 2.05) is 0 Å². The average molecular weight is 340 g/mol. The topological polar surface area (TPSA) is 38.3 Å². The maximum Gasteiger partial charge on any atom is 0.250 e. The van der Waals surface area contributed by atoms with Crippen molar-refractivity contribution in [3.8, 4) is 0 Å². The Balaban J connectivity index is 2.06. The molecule has 0 spiro atoms. The Labute approximate surface area is 144 Å². The molecule has 0 aromatic carbocycles. The van der Waals surface area contributed by atoms with E-state index in [1.54, 1.807) is 0 Å². The zero-order valence-electron chi connectivity index (χ0n) is 16.0. The highest BCUT2D eigenvalue weighted by atomic mass is 28.4. The van der Waals surface area contributed by atoms with E-state index in [4.69, 9.17) is 4.43 Å². The Morgan fingerprint density at radius 1 is 1.00 bits per heavy atom. The maximum atomic E-state index is 12.2. The van der Waals surface area contributed by atoms with Gasteiger partial charge in [-0.25, -0.2) is 0 Å². The van der Waals surface area contributed by atoms with E-state index in [0.29, 0.717) is 16.6 Å². The molecule has 4 heteroatoms. The summed E-state index contributed by atoms with van der Waals surface area (Å²) in [6, 6.07) is 0.258. The molecule has 1 unspecified atom stereocenters. The van der Waals surface area contributed by atoms with Gasteiger partial charge in [-0.2, -0.15) is 0 Å². The molecule has 2 fully saturated rings. The molecule has 2 atom stereocenters. The van der Waals surface area contributed by atoms with Crippen molar-refractivity contribution in [1.82, 2.24) is 5.32 Å². The molecule has 0 bridgehead atoms. The predicted molar refractivity (Wildman–Crippen MR) is 99.0 cm³/mol. The minimum absolute atomic E-state index is 0.129. The van der Waals surface area contributed by atoms with Gasteiger partial charge in [0.2, 0.25) is 14.2 Å². The molecule has 0 aromatic rings. The molecule has 1 aliphatic heterocycles. The van der Waals surface area contributed by atoms with Gasteiger partial charge in [0.15, 0.2) is 0 Å². The molecule has 1 heterocycles. The molecule has 1 aliphatic carbocycles. The summed E-state index contributed by atoms with van der Waals surface area (Å²) in [5.74, 6) is 0.915. The molecule has 3 nitrogen and oxygen atoms in total. The van der Waals surface area contributed by atoms with Crippen LogP contribution in [0.15, 0.2) is 0 Å². The molecule has 1 amide bonds. The zero-order valence-corrected chi connectivity index (χ0v) is 17.0. The van der Waals surface area contributed by atoms with E-state index in [2.05, 4.69) is 46.9 Å². The van der Waals surface area contributed by atoms with Gasteiger partial charge in [-0.05, 0) is 29.0 Å². The van der Waals surface area contributed by atoms with Crippen LogP contribution < -0.4 is 5.32 Å². The second-order valence-electron chi connectivity index (χ2n) is 8.71. The van der Waals surface area contributed by atoms with Crippen LogP contribution in [0.25, 0.3) is 0 Å². The van der Waals surface area contributed by atoms with E-state index in [0.717, 1.165) is 12.3 Å². The third kappa shape index (κ3) is 3.84. The average Bonchev–Trinajstić information content (AvgIpc) is 2.47. The second-order valence-corrected chi connectivity index (χ2v) is 14.1. The molecule has 0 radical (unpaired) electrons. The summed E-state index contributed by atoms with van der Waals surface area (Å²) in [7, 11) is -1.97. The van der Waals surface area contributed by atoms with Crippen LogP contribution in [0.3, 0.4) is 0 Å². The number of hydrogen-bond acceptors (Lipinski definition) is 2. The van der Waals surface area contributed by atoms with E-state index in [-0.39, 0.29) is 18.1 Å². The number of nitrogens with one attached hydrogen (secondary N) is 1. The Morgan fingerprint density at radius 3 is 1.96 bits per heavy atom. The van der Waals surface area contributed by atoms with E-state index in [1.165, 1.54) is 32.1 Å². The number of amides is 1. The molecule has 1 saturated heterocycles. The van der Waals surface area contributed by atoms with Gasteiger partial charge in [-0.1, -0.05) is 73.6 Å². The summed E-state index contributed by atoms with van der Waals surface area (Å²) in [6.07, 6.45) is 7.71. The van der Waals surface area contributed by atoms with Gasteiger partial charge in [0.05, 0.1) is 6.04 Å². The van der Waals surface area contributed by atoms with Crippen LogP contribution in [0.5, 0.6) is 0 Å². The molecule has 134 valence electrons. The fourth-order valence-electron chi connectivity index (χ4n) is 5.16. The lowest BCUT2D eigenvalue weighted by atomic mass is 9.82. The molecule has 2 aliphatic rings. The Bertz CT molecular complexity index is 380. The van der Waals surface area contributed by atoms with Crippen LogP contribution >= 0.6 is 0 Å². The van der Waals surface area contributed by atoms with Gasteiger partial charge < -0.3 is 9.74 Å². The lowest BCUT2D eigenvalue weighted by Gasteiger charge is -2.49. The monoisotopic (exact) mass is 339 g/mol. The van der Waals surface area contributed by atoms with Crippen LogP contribution in [0.2, 0.25) is 16.6 Å². The molecule has 1 N–H and O–H groups in total. The van der Waals surface area contributed by atoms with Crippen molar-refractivity contribution in [2.75, 3.05) is 0 Å². The SMILES string of the molecule is CC(C)[Si](O[C@@H]1C(=O)NC1CC1CCCCC1)(C(C)C)C(C)C. The number of carbonyl (C=O) groups is 1. The van der Waals surface area contributed by atoms with Crippen molar-refractivity contribution < 1.29 is 9.22 Å². The Kier molecular flexibility index (Phi) is 6.34. The number of β-lactam (4-membered cyclic amide) rings is 1. The number of rotatable bonds is 7. The fourth-order valence-corrected chi connectivity index (χ4v) is 10.7. The van der Waals surface area contributed by atoms with Crippen molar-refractivity contribution in [3.63, 3.8) is 0 Å². The van der Waals surface area contributed by atoms with Crippen LogP contribution in [0.4, 0.5) is 0 Å². The van der Waals surface area contributed by atoms with E-state index < -0.39 is 8.32 Å².